The number of hydrogen-bond acceptors (Lipinski definition) is 8. The van der Waals surface area contributed by atoms with Gasteiger partial charge < -0.3 is 9.84 Å². The first-order valence-corrected chi connectivity index (χ1v) is 10.3. The average Bonchev–Trinajstić information content (AvgIpc) is 3.44. The van der Waals surface area contributed by atoms with Crippen LogP contribution in [0.3, 0.4) is 0 Å². The molecule has 4 rings (SSSR count). The molecule has 1 amide bonds. The maximum Gasteiger partial charge on any atom is 0.301 e. The van der Waals surface area contributed by atoms with Crippen LogP contribution in [0.1, 0.15) is 24.1 Å². The van der Waals surface area contributed by atoms with Gasteiger partial charge in [0.15, 0.2) is 0 Å². The summed E-state index contributed by atoms with van der Waals surface area (Å²) in [7, 11) is 0. The third-order valence-electron chi connectivity index (χ3n) is 4.30. The summed E-state index contributed by atoms with van der Waals surface area (Å²) in [5.74, 6) is -1.06. The van der Waals surface area contributed by atoms with E-state index < -0.39 is 17.7 Å². The van der Waals surface area contributed by atoms with Crippen molar-refractivity contribution >= 4 is 45.3 Å². The summed E-state index contributed by atoms with van der Waals surface area (Å²) in [4.78, 5) is 26.9. The molecule has 1 saturated heterocycles. The van der Waals surface area contributed by atoms with Crippen molar-refractivity contribution in [3.05, 3.63) is 63.3 Å². The molecule has 142 valence electrons. The fourth-order valence-corrected chi connectivity index (χ4v) is 4.34. The molecule has 1 N–H and O–H groups in total. The molecule has 3 heterocycles. The van der Waals surface area contributed by atoms with Crippen molar-refractivity contribution in [2.45, 2.75) is 13.0 Å². The van der Waals surface area contributed by atoms with E-state index in [2.05, 4.69) is 10.2 Å². The quantitative estimate of drug-likeness (QED) is 0.390. The van der Waals surface area contributed by atoms with Gasteiger partial charge in [0.2, 0.25) is 5.13 Å². The van der Waals surface area contributed by atoms with Gasteiger partial charge in [-0.05, 0) is 53.6 Å². The number of aliphatic hydroxyl groups is 1. The molecule has 1 aromatic carbocycles. The van der Waals surface area contributed by atoms with E-state index in [1.807, 2.05) is 23.8 Å². The lowest BCUT2D eigenvalue weighted by Crippen LogP contribution is -2.29. The Morgan fingerprint density at radius 1 is 1.25 bits per heavy atom. The summed E-state index contributed by atoms with van der Waals surface area (Å²) in [6.07, 6.45) is 0. The highest BCUT2D eigenvalue weighted by molar-refractivity contribution is 7.13. The Morgan fingerprint density at radius 2 is 2.04 bits per heavy atom. The minimum absolute atomic E-state index is 0.0303. The van der Waals surface area contributed by atoms with E-state index in [1.165, 1.54) is 21.7 Å². The van der Waals surface area contributed by atoms with Crippen LogP contribution in [0.15, 0.2) is 52.2 Å². The lowest BCUT2D eigenvalue weighted by atomic mass is 9.97. The standard InChI is InChI=1S/C19H15N3O4S2/c1-2-26-13-5-3-11(4-6-13)16(23)14-15(12-7-8-27-9-12)22(18(25)17(14)24)19-21-20-10-28-19/h3-10,15,23H,2H2,1H3/b16-14+. The van der Waals surface area contributed by atoms with Crippen LogP contribution in [-0.2, 0) is 9.59 Å². The van der Waals surface area contributed by atoms with Gasteiger partial charge in [-0.15, -0.1) is 10.2 Å². The Kier molecular flexibility index (Phi) is 4.93. The molecule has 28 heavy (non-hydrogen) atoms. The monoisotopic (exact) mass is 413 g/mol. The zero-order valence-corrected chi connectivity index (χ0v) is 16.4. The van der Waals surface area contributed by atoms with Crippen LogP contribution in [0.4, 0.5) is 5.13 Å². The number of ether oxygens (including phenoxy) is 1. The highest BCUT2D eigenvalue weighted by atomic mass is 32.1. The second kappa shape index (κ2) is 7.53. The molecule has 3 aromatic rings. The summed E-state index contributed by atoms with van der Waals surface area (Å²) in [6, 6.07) is 7.79. The molecule has 1 aliphatic rings. The number of hydrogen-bond donors (Lipinski definition) is 1. The molecule has 0 bridgehead atoms. The van der Waals surface area contributed by atoms with Crippen molar-refractivity contribution in [3.63, 3.8) is 0 Å². The van der Waals surface area contributed by atoms with Gasteiger partial charge in [0.05, 0.1) is 18.2 Å². The van der Waals surface area contributed by atoms with Gasteiger partial charge in [0.25, 0.3) is 5.78 Å². The van der Waals surface area contributed by atoms with Crippen molar-refractivity contribution in [1.29, 1.82) is 0 Å². The zero-order chi connectivity index (χ0) is 19.7. The molecule has 0 radical (unpaired) electrons. The van der Waals surface area contributed by atoms with Gasteiger partial charge >= 0.3 is 5.91 Å². The number of aromatic nitrogens is 2. The van der Waals surface area contributed by atoms with Crippen LogP contribution < -0.4 is 9.64 Å². The first-order chi connectivity index (χ1) is 13.6. The number of carbonyl (C=O) groups excluding carboxylic acids is 2. The first kappa shape index (κ1) is 18.3. The van der Waals surface area contributed by atoms with Crippen LogP contribution in [0.2, 0.25) is 0 Å². The Balaban J connectivity index is 1.84. The number of thiophene rings is 1. The summed E-state index contributed by atoms with van der Waals surface area (Å²) in [5, 5.41) is 22.6. The van der Waals surface area contributed by atoms with Crippen molar-refractivity contribution in [3.8, 4) is 5.75 Å². The number of nitrogens with zero attached hydrogens (tertiary/aromatic N) is 3. The number of amides is 1. The minimum atomic E-state index is -0.759. The lowest BCUT2D eigenvalue weighted by molar-refractivity contribution is -0.132. The number of aliphatic hydroxyl groups excluding tert-OH is 1. The third-order valence-corrected chi connectivity index (χ3v) is 5.69. The van der Waals surface area contributed by atoms with E-state index in [0.29, 0.717) is 23.1 Å². The van der Waals surface area contributed by atoms with Crippen molar-refractivity contribution in [2.75, 3.05) is 11.5 Å². The van der Waals surface area contributed by atoms with Crippen molar-refractivity contribution in [1.82, 2.24) is 10.2 Å². The Hall–Kier alpha value is -3.04. The maximum atomic E-state index is 12.8. The summed E-state index contributed by atoms with van der Waals surface area (Å²) >= 11 is 2.60. The number of carbonyl (C=O) groups is 2. The number of benzene rings is 1. The second-order valence-corrected chi connectivity index (χ2v) is 7.50. The van der Waals surface area contributed by atoms with Gasteiger partial charge in [-0.2, -0.15) is 11.3 Å². The molecule has 2 aromatic heterocycles. The van der Waals surface area contributed by atoms with Crippen LogP contribution in [-0.4, -0.2) is 33.6 Å². The van der Waals surface area contributed by atoms with Crippen LogP contribution in [0.25, 0.3) is 5.76 Å². The van der Waals surface area contributed by atoms with E-state index >= 15 is 0 Å². The Morgan fingerprint density at radius 3 is 2.64 bits per heavy atom. The smallest absolute Gasteiger partial charge is 0.301 e. The van der Waals surface area contributed by atoms with Gasteiger partial charge in [0.1, 0.15) is 17.0 Å². The van der Waals surface area contributed by atoms with E-state index in [0.717, 1.165) is 16.9 Å². The molecule has 1 aliphatic heterocycles. The van der Waals surface area contributed by atoms with Gasteiger partial charge in [-0.1, -0.05) is 11.3 Å². The SMILES string of the molecule is CCOc1ccc(/C(O)=C2\C(=O)C(=O)N(c3nncs3)C2c2ccsc2)cc1. The summed E-state index contributed by atoms with van der Waals surface area (Å²) < 4.78 is 5.41. The first-order valence-electron chi connectivity index (χ1n) is 8.44. The van der Waals surface area contributed by atoms with Crippen LogP contribution in [0, 0.1) is 0 Å². The maximum absolute atomic E-state index is 12.8. The number of Topliss-reactive ketones (excluding diaryl/α,β-unsaturated/α-hetero) is 1. The number of ketones is 1. The number of anilines is 1. The molecule has 0 aliphatic carbocycles. The van der Waals surface area contributed by atoms with E-state index in [-0.39, 0.29) is 11.3 Å². The van der Waals surface area contributed by atoms with Crippen LogP contribution >= 0.6 is 22.7 Å². The second-order valence-electron chi connectivity index (χ2n) is 5.90. The van der Waals surface area contributed by atoms with Crippen molar-refractivity contribution in [2.24, 2.45) is 0 Å². The predicted octanol–water partition coefficient (Wildman–Crippen LogP) is 3.62. The van der Waals surface area contributed by atoms with Crippen molar-refractivity contribution < 1.29 is 19.4 Å². The van der Waals surface area contributed by atoms with E-state index in [4.69, 9.17) is 4.74 Å². The molecule has 0 saturated carbocycles. The highest BCUT2D eigenvalue weighted by Crippen LogP contribution is 2.43. The van der Waals surface area contributed by atoms with Gasteiger partial charge in [-0.3, -0.25) is 14.5 Å². The zero-order valence-electron chi connectivity index (χ0n) is 14.7. The fraction of sp³-hybridized carbons (Fsp3) is 0.158. The fourth-order valence-electron chi connectivity index (χ4n) is 3.08. The molecule has 9 heteroatoms. The highest BCUT2D eigenvalue weighted by Gasteiger charge is 2.48. The Labute approximate surface area is 168 Å². The summed E-state index contributed by atoms with van der Waals surface area (Å²) in [5.41, 5.74) is 2.68. The van der Waals surface area contributed by atoms with E-state index in [1.54, 1.807) is 24.3 Å². The molecule has 7 nitrogen and oxygen atoms in total. The lowest BCUT2D eigenvalue weighted by Gasteiger charge is -2.21. The molecule has 1 fully saturated rings. The molecular formula is C19H15N3O4S2. The average molecular weight is 413 g/mol. The molecule has 0 spiro atoms. The third kappa shape index (κ3) is 3.08. The molecule has 1 unspecified atom stereocenters. The topological polar surface area (TPSA) is 92.6 Å². The van der Waals surface area contributed by atoms with Crippen LogP contribution in [0.5, 0.6) is 5.75 Å². The molecule has 1 atom stereocenters. The van der Waals surface area contributed by atoms with Gasteiger partial charge in [-0.25, -0.2) is 0 Å². The number of rotatable bonds is 5. The Bertz CT molecular complexity index is 1030. The normalized spacial score (nSPS) is 18.6. The summed E-state index contributed by atoms with van der Waals surface area (Å²) in [6.45, 7) is 2.40. The largest absolute Gasteiger partial charge is 0.507 e. The van der Waals surface area contributed by atoms with E-state index in [9.17, 15) is 14.7 Å². The minimum Gasteiger partial charge on any atom is -0.507 e. The van der Waals surface area contributed by atoms with Gasteiger partial charge in [0, 0.05) is 5.56 Å². The predicted molar refractivity (Wildman–Crippen MR) is 107 cm³/mol. The molecular weight excluding hydrogens is 398 g/mol.